The van der Waals surface area contributed by atoms with Crippen LogP contribution in [0.1, 0.15) is 142 Å². The fourth-order valence-electron chi connectivity index (χ4n) is 4.21. The van der Waals surface area contributed by atoms with Gasteiger partial charge in [0, 0.05) is 19.3 Å². The maximum Gasteiger partial charge on any atom is 1.00 e. The van der Waals surface area contributed by atoms with Crippen molar-refractivity contribution in [2.45, 2.75) is 142 Å². The summed E-state index contributed by atoms with van der Waals surface area (Å²) in [5.74, 6) is -0.420. The van der Waals surface area contributed by atoms with Crippen LogP contribution in [0.25, 0.3) is 0 Å². The molecule has 0 aliphatic carbocycles. The largest absolute Gasteiger partial charge is 1.00 e. The van der Waals surface area contributed by atoms with Gasteiger partial charge in [-0.05, 0) is 31.8 Å². The summed E-state index contributed by atoms with van der Waals surface area (Å²) < 4.78 is 31.7. The molecule has 0 aromatic rings. The number of carbonyl (C=O) groups excluding carboxylic acids is 1. The summed E-state index contributed by atoms with van der Waals surface area (Å²) in [6.45, 7) is 2.75. The Labute approximate surface area is 240 Å². The maximum atomic E-state index is 12.0. The normalized spacial score (nSPS) is 11.6. The van der Waals surface area contributed by atoms with Crippen LogP contribution in [0.2, 0.25) is 0 Å². The third-order valence-corrected chi connectivity index (χ3v) is 7.29. The minimum atomic E-state index is -4.15. The van der Waals surface area contributed by atoms with Crippen molar-refractivity contribution in [1.82, 2.24) is 4.90 Å². The molecule has 0 fully saturated rings. The van der Waals surface area contributed by atoms with Crippen LogP contribution >= 0.6 is 0 Å². The van der Waals surface area contributed by atoms with Crippen LogP contribution in [0.3, 0.4) is 0 Å². The van der Waals surface area contributed by atoms with E-state index in [4.69, 9.17) is 0 Å². The molecule has 0 aromatic heterocycles. The molecule has 0 heterocycles. The SMILES string of the molecule is CCCCCCCCCCCCCCCCCCCC/C=C/C(=O)N(C)CCCCS(=O)(=O)[O-].[Na+]. The van der Waals surface area contributed by atoms with E-state index in [9.17, 15) is 17.8 Å². The van der Waals surface area contributed by atoms with Crippen molar-refractivity contribution in [3.8, 4) is 0 Å². The van der Waals surface area contributed by atoms with E-state index in [1.807, 2.05) is 6.08 Å². The van der Waals surface area contributed by atoms with Gasteiger partial charge in [-0.3, -0.25) is 4.79 Å². The zero-order valence-electron chi connectivity index (χ0n) is 23.4. The van der Waals surface area contributed by atoms with E-state index in [1.54, 1.807) is 18.0 Å². The second-order valence-corrected chi connectivity index (χ2v) is 11.5. The summed E-state index contributed by atoms with van der Waals surface area (Å²) in [6.07, 6.45) is 29.9. The van der Waals surface area contributed by atoms with Gasteiger partial charge in [-0.25, -0.2) is 8.42 Å². The van der Waals surface area contributed by atoms with E-state index in [0.29, 0.717) is 19.4 Å². The van der Waals surface area contributed by atoms with Crippen molar-refractivity contribution in [2.75, 3.05) is 19.3 Å². The molecule has 1 amide bonds. The van der Waals surface area contributed by atoms with Crippen molar-refractivity contribution in [2.24, 2.45) is 0 Å². The van der Waals surface area contributed by atoms with E-state index in [0.717, 1.165) is 12.8 Å². The van der Waals surface area contributed by atoms with Crippen LogP contribution in [-0.4, -0.2) is 43.1 Å². The Kier molecular flexibility index (Phi) is 28.9. The average molecular weight is 524 g/mol. The van der Waals surface area contributed by atoms with Crippen molar-refractivity contribution in [3.05, 3.63) is 12.2 Å². The Bertz CT molecular complexity index is 596. The average Bonchev–Trinajstić information content (AvgIpc) is 2.79. The zero-order chi connectivity index (χ0) is 25.3. The molecule has 0 unspecified atom stereocenters. The van der Waals surface area contributed by atoms with E-state index in [-0.39, 0.29) is 41.2 Å². The second kappa shape index (κ2) is 27.2. The molecule has 0 aliphatic rings. The number of carbonyl (C=O) groups is 1. The topological polar surface area (TPSA) is 77.5 Å². The third kappa shape index (κ3) is 30.2. The van der Waals surface area contributed by atoms with Gasteiger partial charge in [0.05, 0.1) is 10.1 Å². The first-order valence-corrected chi connectivity index (χ1v) is 15.8. The molecule has 0 atom stereocenters. The monoisotopic (exact) mass is 523 g/mol. The van der Waals surface area contributed by atoms with Gasteiger partial charge in [-0.2, -0.15) is 0 Å². The molecule has 202 valence electrons. The predicted octanol–water partition coefficient (Wildman–Crippen LogP) is 4.76. The van der Waals surface area contributed by atoms with Crippen LogP contribution in [0.5, 0.6) is 0 Å². The summed E-state index contributed by atoms with van der Waals surface area (Å²) in [4.78, 5) is 13.6. The van der Waals surface area contributed by atoms with Gasteiger partial charge in [0.1, 0.15) is 0 Å². The second-order valence-electron chi connectivity index (χ2n) is 9.93. The minimum Gasteiger partial charge on any atom is -0.748 e. The van der Waals surface area contributed by atoms with Gasteiger partial charge in [0.15, 0.2) is 0 Å². The molecule has 0 aliphatic heterocycles. The first-order chi connectivity index (χ1) is 16.4. The van der Waals surface area contributed by atoms with E-state index in [2.05, 4.69) is 6.92 Å². The fourth-order valence-corrected chi connectivity index (χ4v) is 4.77. The molecule has 0 saturated heterocycles. The van der Waals surface area contributed by atoms with E-state index in [1.165, 1.54) is 109 Å². The number of likely N-dealkylation sites (N-methyl/N-ethyl adjacent to an activating group) is 1. The number of unbranched alkanes of at least 4 members (excludes halogenated alkanes) is 19. The Hall–Kier alpha value is 0.120. The van der Waals surface area contributed by atoms with Crippen molar-refractivity contribution < 1.29 is 47.3 Å². The first-order valence-electron chi connectivity index (χ1n) is 14.2. The molecular weight excluding hydrogens is 469 g/mol. The number of hydrogen-bond acceptors (Lipinski definition) is 4. The van der Waals surface area contributed by atoms with Gasteiger partial charge >= 0.3 is 29.6 Å². The maximum absolute atomic E-state index is 12.0. The first kappa shape index (κ1) is 37.3. The molecule has 0 spiro atoms. The number of rotatable bonds is 25. The zero-order valence-corrected chi connectivity index (χ0v) is 26.2. The van der Waals surface area contributed by atoms with Crippen LogP contribution < -0.4 is 29.6 Å². The summed E-state index contributed by atoms with van der Waals surface area (Å²) in [5.41, 5.74) is 0. The number of allylic oxidation sites excluding steroid dienone is 1. The predicted molar refractivity (Wildman–Crippen MR) is 144 cm³/mol. The Morgan fingerprint density at radius 3 is 1.49 bits per heavy atom. The van der Waals surface area contributed by atoms with Crippen molar-refractivity contribution in [1.29, 1.82) is 0 Å². The Morgan fingerprint density at radius 2 is 1.09 bits per heavy atom. The summed E-state index contributed by atoms with van der Waals surface area (Å²) >= 11 is 0. The quantitative estimate of drug-likeness (QED) is 0.0748. The van der Waals surface area contributed by atoms with Crippen LogP contribution in [0.15, 0.2) is 12.2 Å². The smallest absolute Gasteiger partial charge is 0.748 e. The standard InChI is InChI=1S/C28H55NO4S.Na/c1-3-4-5-6-7-8-9-10-11-12-13-14-15-16-17-18-19-20-21-22-25-28(30)29(2)26-23-24-27-34(31,32)33;/h22,25H,3-21,23-24,26-27H2,1-2H3,(H,31,32,33);/q;+1/p-1/b25-22+;. The molecule has 0 aromatic carbocycles. The van der Waals surface area contributed by atoms with Crippen LogP contribution in [0.4, 0.5) is 0 Å². The molecule has 0 rings (SSSR count). The van der Waals surface area contributed by atoms with Crippen LogP contribution in [0, 0.1) is 0 Å². The van der Waals surface area contributed by atoms with Gasteiger partial charge in [-0.15, -0.1) is 0 Å². The number of nitrogens with zero attached hydrogens (tertiary/aromatic N) is 1. The Balaban J connectivity index is 0. The molecular formula is C28H54NNaO4S. The third-order valence-electron chi connectivity index (χ3n) is 6.50. The summed E-state index contributed by atoms with van der Waals surface area (Å²) in [6, 6.07) is 0. The van der Waals surface area contributed by atoms with Crippen molar-refractivity contribution >= 4 is 16.0 Å². The Morgan fingerprint density at radius 1 is 0.686 bits per heavy atom. The fraction of sp³-hybridized carbons (Fsp3) is 0.893. The van der Waals surface area contributed by atoms with E-state index >= 15 is 0 Å². The van der Waals surface area contributed by atoms with Gasteiger partial charge < -0.3 is 9.45 Å². The molecule has 0 saturated carbocycles. The van der Waals surface area contributed by atoms with Crippen molar-refractivity contribution in [3.63, 3.8) is 0 Å². The van der Waals surface area contributed by atoms with Gasteiger partial charge in [0.2, 0.25) is 5.91 Å². The molecule has 7 heteroatoms. The van der Waals surface area contributed by atoms with Gasteiger partial charge in [-0.1, -0.05) is 122 Å². The molecule has 35 heavy (non-hydrogen) atoms. The number of amides is 1. The molecule has 0 radical (unpaired) electrons. The van der Waals surface area contributed by atoms with E-state index < -0.39 is 10.1 Å². The number of hydrogen-bond donors (Lipinski definition) is 0. The van der Waals surface area contributed by atoms with Crippen LogP contribution in [-0.2, 0) is 14.9 Å². The molecule has 0 bridgehead atoms. The molecule has 0 N–H and O–H groups in total. The molecule has 5 nitrogen and oxygen atoms in total. The van der Waals surface area contributed by atoms with Gasteiger partial charge in [0.25, 0.3) is 0 Å². The minimum absolute atomic E-state index is 0. The summed E-state index contributed by atoms with van der Waals surface area (Å²) in [5, 5.41) is 0. The summed E-state index contributed by atoms with van der Waals surface area (Å²) in [7, 11) is -2.45.